The third-order valence-electron chi connectivity index (χ3n) is 6.48. The molecule has 1 aromatic heterocycles. The number of non-ortho nitro benzene ring substituents is 1. The number of nitro groups is 1. The molecule has 2 aromatic rings. The molecule has 0 amide bonds. The molecule has 1 aliphatic heterocycles. The van der Waals surface area contributed by atoms with Crippen LogP contribution >= 0.6 is 0 Å². The second kappa shape index (κ2) is 9.51. The van der Waals surface area contributed by atoms with E-state index in [0.29, 0.717) is 6.04 Å². The molecule has 0 bridgehead atoms. The third-order valence-corrected chi connectivity index (χ3v) is 6.48. The summed E-state index contributed by atoms with van der Waals surface area (Å²) in [6, 6.07) is 7.54. The molecule has 1 saturated carbocycles. The zero-order valence-corrected chi connectivity index (χ0v) is 17.7. The van der Waals surface area contributed by atoms with Crippen molar-refractivity contribution in [2.24, 2.45) is 0 Å². The molecular weight excluding hydrogens is 382 g/mol. The quantitative estimate of drug-likeness (QED) is 0.504. The van der Waals surface area contributed by atoms with Gasteiger partial charge in [0.25, 0.3) is 5.69 Å². The minimum Gasteiger partial charge on any atom is -0.369 e. The first-order valence-electron chi connectivity index (χ1n) is 11.2. The van der Waals surface area contributed by atoms with E-state index in [1.54, 1.807) is 12.1 Å². The van der Waals surface area contributed by atoms with Gasteiger partial charge in [0, 0.05) is 44.0 Å². The van der Waals surface area contributed by atoms with Gasteiger partial charge in [-0.25, -0.2) is 4.68 Å². The maximum atomic E-state index is 10.9. The Balaban J connectivity index is 1.44. The molecular formula is C21H31N7O2. The van der Waals surface area contributed by atoms with Crippen LogP contribution in [-0.4, -0.2) is 56.2 Å². The first kappa shape index (κ1) is 20.7. The van der Waals surface area contributed by atoms with Crippen molar-refractivity contribution in [3.63, 3.8) is 0 Å². The molecule has 2 heterocycles. The largest absolute Gasteiger partial charge is 0.369 e. The van der Waals surface area contributed by atoms with E-state index in [0.717, 1.165) is 50.5 Å². The van der Waals surface area contributed by atoms with Gasteiger partial charge in [-0.3, -0.25) is 15.0 Å². The van der Waals surface area contributed by atoms with Gasteiger partial charge in [0.05, 0.1) is 17.0 Å². The second-order valence-corrected chi connectivity index (χ2v) is 8.37. The van der Waals surface area contributed by atoms with E-state index in [1.807, 2.05) is 12.1 Å². The van der Waals surface area contributed by atoms with Crippen molar-refractivity contribution >= 4 is 11.4 Å². The van der Waals surface area contributed by atoms with E-state index in [-0.39, 0.29) is 16.7 Å². The van der Waals surface area contributed by atoms with Crippen LogP contribution in [0.15, 0.2) is 24.3 Å². The van der Waals surface area contributed by atoms with E-state index >= 15 is 0 Å². The van der Waals surface area contributed by atoms with Gasteiger partial charge in [0.1, 0.15) is 0 Å². The van der Waals surface area contributed by atoms with Crippen LogP contribution in [-0.2, 0) is 0 Å². The molecule has 2 fully saturated rings. The minimum absolute atomic E-state index is 0.134. The summed E-state index contributed by atoms with van der Waals surface area (Å²) in [5, 5.41) is 23.8. The maximum absolute atomic E-state index is 10.9. The summed E-state index contributed by atoms with van der Waals surface area (Å²) in [5.41, 5.74) is 1.18. The molecule has 0 N–H and O–H groups in total. The Labute approximate surface area is 177 Å². The Morgan fingerprint density at radius 2 is 1.80 bits per heavy atom. The lowest BCUT2D eigenvalue weighted by Crippen LogP contribution is -2.48. The first-order chi connectivity index (χ1) is 14.7. The Bertz CT molecular complexity index is 824. The fourth-order valence-electron chi connectivity index (χ4n) is 4.83. The van der Waals surface area contributed by atoms with Crippen LogP contribution in [0.3, 0.4) is 0 Å². The summed E-state index contributed by atoms with van der Waals surface area (Å²) in [5.74, 6) is 1.02. The highest BCUT2D eigenvalue weighted by Crippen LogP contribution is 2.32. The molecule has 0 spiro atoms. The summed E-state index contributed by atoms with van der Waals surface area (Å²) in [6.45, 7) is 5.86. The topological polar surface area (TPSA) is 93.2 Å². The summed E-state index contributed by atoms with van der Waals surface area (Å²) in [6.07, 6.45) is 8.31. The average molecular weight is 414 g/mol. The molecule has 30 heavy (non-hydrogen) atoms. The SMILES string of the molecule is CCCC(c1nnnn1C1CCCCC1)N1CCN(c2ccc([N+](=O)[O-])cc2)CC1. The number of piperazine rings is 1. The van der Waals surface area contributed by atoms with Gasteiger partial charge >= 0.3 is 0 Å². The molecule has 1 unspecified atom stereocenters. The number of benzene rings is 1. The number of aromatic nitrogens is 4. The molecule has 1 aliphatic carbocycles. The molecule has 162 valence electrons. The van der Waals surface area contributed by atoms with Crippen molar-refractivity contribution in [3.8, 4) is 0 Å². The van der Waals surface area contributed by atoms with Gasteiger partial charge in [0.15, 0.2) is 5.82 Å². The molecule has 2 aliphatic rings. The van der Waals surface area contributed by atoms with Crippen molar-refractivity contribution in [1.82, 2.24) is 25.1 Å². The zero-order valence-electron chi connectivity index (χ0n) is 17.7. The van der Waals surface area contributed by atoms with E-state index in [9.17, 15) is 10.1 Å². The minimum atomic E-state index is -0.354. The lowest BCUT2D eigenvalue weighted by molar-refractivity contribution is -0.384. The van der Waals surface area contributed by atoms with Crippen molar-refractivity contribution < 1.29 is 4.92 Å². The Morgan fingerprint density at radius 1 is 1.10 bits per heavy atom. The van der Waals surface area contributed by atoms with Gasteiger partial charge in [-0.05, 0) is 41.8 Å². The van der Waals surface area contributed by atoms with Crippen LogP contribution in [0.2, 0.25) is 0 Å². The third kappa shape index (κ3) is 4.45. The van der Waals surface area contributed by atoms with Crippen LogP contribution in [0.5, 0.6) is 0 Å². The maximum Gasteiger partial charge on any atom is 0.269 e. The lowest BCUT2D eigenvalue weighted by Gasteiger charge is -2.40. The molecule has 9 nitrogen and oxygen atoms in total. The smallest absolute Gasteiger partial charge is 0.269 e. The molecule has 1 atom stereocenters. The van der Waals surface area contributed by atoms with Crippen LogP contribution in [0.25, 0.3) is 0 Å². The van der Waals surface area contributed by atoms with Gasteiger partial charge in [-0.15, -0.1) is 5.10 Å². The van der Waals surface area contributed by atoms with Crippen LogP contribution in [0.1, 0.15) is 69.8 Å². The highest BCUT2D eigenvalue weighted by molar-refractivity contribution is 5.51. The van der Waals surface area contributed by atoms with Gasteiger partial charge in [-0.2, -0.15) is 0 Å². The van der Waals surface area contributed by atoms with E-state index in [4.69, 9.17) is 0 Å². The number of tetrazole rings is 1. The predicted molar refractivity (Wildman–Crippen MR) is 114 cm³/mol. The normalized spacial score (nSPS) is 19.7. The Kier molecular flexibility index (Phi) is 6.56. The number of nitrogens with zero attached hydrogens (tertiary/aromatic N) is 7. The molecule has 1 aromatic carbocycles. The van der Waals surface area contributed by atoms with Crippen molar-refractivity contribution in [2.75, 3.05) is 31.1 Å². The standard InChI is InChI=1S/C21H31N7O2/c1-2-6-20(21-22-23-24-27(21)18-7-4-3-5-8-18)26-15-13-25(14-16-26)17-9-11-19(12-10-17)28(29)30/h9-12,18,20H,2-8,13-16H2,1H3. The summed E-state index contributed by atoms with van der Waals surface area (Å²) in [7, 11) is 0. The number of rotatable bonds is 7. The summed E-state index contributed by atoms with van der Waals surface area (Å²) >= 11 is 0. The zero-order chi connectivity index (χ0) is 20.9. The number of hydrogen-bond acceptors (Lipinski definition) is 7. The predicted octanol–water partition coefficient (Wildman–Crippen LogP) is 3.75. The Hall–Kier alpha value is -2.55. The second-order valence-electron chi connectivity index (χ2n) is 8.37. The fourth-order valence-corrected chi connectivity index (χ4v) is 4.83. The molecule has 1 saturated heterocycles. The number of hydrogen-bond donors (Lipinski definition) is 0. The molecule has 9 heteroatoms. The van der Waals surface area contributed by atoms with Crippen molar-refractivity contribution in [2.45, 2.75) is 64.0 Å². The Morgan fingerprint density at radius 3 is 2.43 bits per heavy atom. The lowest BCUT2D eigenvalue weighted by atomic mass is 9.95. The van der Waals surface area contributed by atoms with Crippen LogP contribution < -0.4 is 4.90 Å². The number of anilines is 1. The average Bonchev–Trinajstić information content (AvgIpc) is 3.28. The monoisotopic (exact) mass is 413 g/mol. The van der Waals surface area contributed by atoms with Crippen LogP contribution in [0, 0.1) is 10.1 Å². The highest BCUT2D eigenvalue weighted by Gasteiger charge is 2.31. The van der Waals surface area contributed by atoms with E-state index in [2.05, 4.69) is 36.9 Å². The van der Waals surface area contributed by atoms with Crippen LogP contribution in [0.4, 0.5) is 11.4 Å². The van der Waals surface area contributed by atoms with Gasteiger partial charge in [0.2, 0.25) is 0 Å². The highest BCUT2D eigenvalue weighted by atomic mass is 16.6. The summed E-state index contributed by atoms with van der Waals surface area (Å²) < 4.78 is 2.11. The molecule has 4 rings (SSSR count). The summed E-state index contributed by atoms with van der Waals surface area (Å²) in [4.78, 5) is 15.3. The van der Waals surface area contributed by atoms with Gasteiger partial charge in [-0.1, -0.05) is 32.6 Å². The molecule has 0 radical (unpaired) electrons. The van der Waals surface area contributed by atoms with E-state index < -0.39 is 0 Å². The fraction of sp³-hybridized carbons (Fsp3) is 0.667. The first-order valence-corrected chi connectivity index (χ1v) is 11.2. The van der Waals surface area contributed by atoms with Crippen molar-refractivity contribution in [3.05, 3.63) is 40.2 Å². The van der Waals surface area contributed by atoms with Crippen molar-refractivity contribution in [1.29, 1.82) is 0 Å². The van der Waals surface area contributed by atoms with Gasteiger partial charge < -0.3 is 4.90 Å². The van der Waals surface area contributed by atoms with E-state index in [1.165, 1.54) is 32.1 Å². The number of nitro benzene ring substituents is 1.